The molecule has 0 spiro atoms. The summed E-state index contributed by atoms with van der Waals surface area (Å²) in [5.74, 6) is 0. The second kappa shape index (κ2) is 9.38. The maximum absolute atomic E-state index is 5.27. The van der Waals surface area contributed by atoms with E-state index in [0.717, 1.165) is 43.4 Å². The summed E-state index contributed by atoms with van der Waals surface area (Å²) in [6.45, 7) is 13.5. The fourth-order valence-electron chi connectivity index (χ4n) is 2.35. The molecule has 1 N–H and O–H groups in total. The quantitative estimate of drug-likeness (QED) is 0.716. The summed E-state index contributed by atoms with van der Waals surface area (Å²) >= 11 is 1.82. The van der Waals surface area contributed by atoms with Crippen LogP contribution in [-0.2, 0) is 11.3 Å². The van der Waals surface area contributed by atoms with E-state index in [0.29, 0.717) is 12.1 Å². The molecule has 0 unspecified atom stereocenters. The Balaban J connectivity index is 2.88. The number of anilines is 1. The van der Waals surface area contributed by atoms with Crippen LogP contribution in [0.25, 0.3) is 0 Å². The van der Waals surface area contributed by atoms with Crippen molar-refractivity contribution in [3.8, 4) is 0 Å². The Hall–Kier alpha value is -0.650. The number of ether oxygens (including phenoxy) is 1. The van der Waals surface area contributed by atoms with Crippen LogP contribution in [0.5, 0.6) is 0 Å². The highest BCUT2D eigenvalue weighted by Gasteiger charge is 2.20. The van der Waals surface area contributed by atoms with Crippen molar-refractivity contribution in [2.45, 2.75) is 66.1 Å². The molecule has 122 valence electrons. The van der Waals surface area contributed by atoms with Crippen LogP contribution in [0.1, 0.15) is 51.1 Å². The molecule has 0 aliphatic rings. The van der Waals surface area contributed by atoms with E-state index < -0.39 is 0 Å². The van der Waals surface area contributed by atoms with Crippen molar-refractivity contribution >= 4 is 16.5 Å². The summed E-state index contributed by atoms with van der Waals surface area (Å²) < 4.78 is 5.27. The fourth-order valence-corrected chi connectivity index (χ4v) is 3.46. The van der Waals surface area contributed by atoms with Crippen molar-refractivity contribution in [2.24, 2.45) is 0 Å². The van der Waals surface area contributed by atoms with Crippen molar-refractivity contribution < 1.29 is 4.74 Å². The number of nitrogens with zero attached hydrogens (tertiary/aromatic N) is 2. The Kier molecular flexibility index (Phi) is 8.22. The Bertz CT molecular complexity index is 402. The maximum Gasteiger partial charge on any atom is 0.186 e. The van der Waals surface area contributed by atoms with Gasteiger partial charge in [0.2, 0.25) is 0 Å². The van der Waals surface area contributed by atoms with Crippen LogP contribution in [0.2, 0.25) is 0 Å². The van der Waals surface area contributed by atoms with E-state index in [-0.39, 0.29) is 0 Å². The molecule has 0 saturated carbocycles. The number of aryl methyl sites for hydroxylation is 1. The summed E-state index contributed by atoms with van der Waals surface area (Å²) in [6.07, 6.45) is 2.27. The minimum absolute atomic E-state index is 0.499. The summed E-state index contributed by atoms with van der Waals surface area (Å²) in [6, 6.07) is 1.04. The van der Waals surface area contributed by atoms with Crippen molar-refractivity contribution in [1.29, 1.82) is 0 Å². The summed E-state index contributed by atoms with van der Waals surface area (Å²) in [5.41, 5.74) is 1.15. The second-order valence-electron chi connectivity index (χ2n) is 5.70. The van der Waals surface area contributed by atoms with E-state index in [1.807, 2.05) is 11.3 Å². The Labute approximate surface area is 133 Å². The molecule has 0 radical (unpaired) electrons. The molecule has 1 aromatic heterocycles. The van der Waals surface area contributed by atoms with Crippen LogP contribution in [0.3, 0.4) is 0 Å². The second-order valence-corrected chi connectivity index (χ2v) is 6.76. The first-order chi connectivity index (χ1) is 10.0. The van der Waals surface area contributed by atoms with Gasteiger partial charge < -0.3 is 15.0 Å². The first kappa shape index (κ1) is 18.4. The van der Waals surface area contributed by atoms with Crippen molar-refractivity contribution in [3.05, 3.63) is 10.6 Å². The number of rotatable bonds is 10. The van der Waals surface area contributed by atoms with E-state index in [1.54, 1.807) is 7.11 Å². The highest BCUT2D eigenvalue weighted by atomic mass is 32.1. The van der Waals surface area contributed by atoms with Gasteiger partial charge in [-0.3, -0.25) is 0 Å². The molecule has 5 heteroatoms. The molecule has 0 amide bonds. The van der Waals surface area contributed by atoms with Gasteiger partial charge in [-0.2, -0.15) is 0 Å². The Morgan fingerprint density at radius 1 is 1.29 bits per heavy atom. The van der Waals surface area contributed by atoms with Crippen LogP contribution in [0.15, 0.2) is 0 Å². The molecule has 0 aliphatic carbocycles. The topological polar surface area (TPSA) is 37.4 Å². The van der Waals surface area contributed by atoms with Crippen molar-refractivity contribution in [2.75, 3.05) is 25.2 Å². The molecule has 0 saturated heterocycles. The van der Waals surface area contributed by atoms with Crippen molar-refractivity contribution in [3.63, 3.8) is 0 Å². The van der Waals surface area contributed by atoms with E-state index >= 15 is 0 Å². The highest BCUT2D eigenvalue weighted by Crippen LogP contribution is 2.29. The van der Waals surface area contributed by atoms with Crippen LogP contribution in [0, 0.1) is 6.92 Å². The summed E-state index contributed by atoms with van der Waals surface area (Å²) in [5, 5.41) is 4.62. The number of thiazole rings is 1. The number of hydrogen-bond donors (Lipinski definition) is 1. The van der Waals surface area contributed by atoms with Gasteiger partial charge in [-0.25, -0.2) is 4.98 Å². The smallest absolute Gasteiger partial charge is 0.186 e. The summed E-state index contributed by atoms with van der Waals surface area (Å²) in [7, 11) is 1.76. The third-order valence-corrected chi connectivity index (χ3v) is 4.91. The lowest BCUT2D eigenvalue weighted by Gasteiger charge is -2.30. The normalized spacial score (nSPS) is 11.6. The van der Waals surface area contributed by atoms with E-state index in [9.17, 15) is 0 Å². The lowest BCUT2D eigenvalue weighted by Crippen LogP contribution is -2.37. The van der Waals surface area contributed by atoms with Gasteiger partial charge in [-0.05, 0) is 19.8 Å². The first-order valence-electron chi connectivity index (χ1n) is 7.98. The third-order valence-electron chi connectivity index (χ3n) is 3.72. The standard InChI is InChI=1S/C16H31N3OS/c1-7-14(8-2)19(9-10-20-6)16-18-13(5)15(21-16)11-17-12(3)4/h12,14,17H,7-11H2,1-6H3. The first-order valence-corrected chi connectivity index (χ1v) is 8.80. The van der Waals surface area contributed by atoms with Crippen LogP contribution in [0.4, 0.5) is 5.13 Å². The lowest BCUT2D eigenvalue weighted by atomic mass is 10.1. The average molecular weight is 314 g/mol. The lowest BCUT2D eigenvalue weighted by molar-refractivity contribution is 0.202. The molecule has 1 aromatic rings. The molecule has 21 heavy (non-hydrogen) atoms. The monoisotopic (exact) mass is 313 g/mol. The molecule has 0 fully saturated rings. The maximum atomic E-state index is 5.27. The van der Waals surface area contributed by atoms with Crippen LogP contribution < -0.4 is 10.2 Å². The fraction of sp³-hybridized carbons (Fsp3) is 0.812. The molecule has 0 aliphatic heterocycles. The van der Waals surface area contributed by atoms with E-state index in [4.69, 9.17) is 9.72 Å². The molecule has 0 bridgehead atoms. The van der Waals surface area contributed by atoms with Gasteiger partial charge in [0.15, 0.2) is 5.13 Å². The minimum atomic E-state index is 0.499. The average Bonchev–Trinajstić information content (AvgIpc) is 2.82. The number of methoxy groups -OCH3 is 1. The molecular formula is C16H31N3OS. The van der Waals surface area contributed by atoms with Gasteiger partial charge in [-0.15, -0.1) is 11.3 Å². The number of aromatic nitrogens is 1. The highest BCUT2D eigenvalue weighted by molar-refractivity contribution is 7.15. The predicted molar refractivity (Wildman–Crippen MR) is 92.4 cm³/mol. The Morgan fingerprint density at radius 3 is 2.48 bits per heavy atom. The zero-order valence-corrected chi connectivity index (χ0v) is 15.2. The van der Waals surface area contributed by atoms with Gasteiger partial charge in [0, 0.05) is 37.2 Å². The van der Waals surface area contributed by atoms with Gasteiger partial charge in [-0.1, -0.05) is 27.7 Å². The molecule has 0 atom stereocenters. The summed E-state index contributed by atoms with van der Waals surface area (Å²) in [4.78, 5) is 8.56. The molecule has 1 rings (SSSR count). The molecule has 1 heterocycles. The Morgan fingerprint density at radius 2 is 1.95 bits per heavy atom. The van der Waals surface area contributed by atoms with Crippen LogP contribution >= 0.6 is 11.3 Å². The van der Waals surface area contributed by atoms with Crippen molar-refractivity contribution in [1.82, 2.24) is 10.3 Å². The van der Waals surface area contributed by atoms with Gasteiger partial charge in [0.1, 0.15) is 0 Å². The molecule has 4 nitrogen and oxygen atoms in total. The van der Waals surface area contributed by atoms with Gasteiger partial charge >= 0.3 is 0 Å². The zero-order chi connectivity index (χ0) is 15.8. The number of hydrogen-bond acceptors (Lipinski definition) is 5. The third kappa shape index (κ3) is 5.57. The predicted octanol–water partition coefficient (Wildman–Crippen LogP) is 3.59. The SMILES string of the molecule is CCC(CC)N(CCOC)c1nc(C)c(CNC(C)C)s1. The minimum Gasteiger partial charge on any atom is -0.383 e. The number of nitrogens with one attached hydrogen (secondary N) is 1. The zero-order valence-electron chi connectivity index (χ0n) is 14.4. The van der Waals surface area contributed by atoms with E-state index in [2.05, 4.69) is 44.8 Å². The van der Waals surface area contributed by atoms with Crippen LogP contribution in [-0.4, -0.2) is 37.3 Å². The largest absolute Gasteiger partial charge is 0.383 e. The van der Waals surface area contributed by atoms with E-state index in [1.165, 1.54) is 4.88 Å². The van der Waals surface area contributed by atoms with Gasteiger partial charge in [0.05, 0.1) is 12.3 Å². The van der Waals surface area contributed by atoms with Gasteiger partial charge in [0.25, 0.3) is 0 Å². The molecule has 0 aromatic carbocycles. The molecular weight excluding hydrogens is 282 g/mol.